The molecule has 2 rings (SSSR count). The van der Waals surface area contributed by atoms with Crippen LogP contribution in [0.15, 0.2) is 47.6 Å². The molecule has 148 valence electrons. The van der Waals surface area contributed by atoms with Crippen LogP contribution in [0.2, 0.25) is 0 Å². The largest absolute Gasteiger partial charge is 0.481 e. The quantitative estimate of drug-likeness (QED) is 0.436. The maximum atomic E-state index is 10.3. The van der Waals surface area contributed by atoms with Gasteiger partial charge in [-0.25, -0.2) is 0 Å². The number of aliphatic carboxylic acids is 4. The van der Waals surface area contributed by atoms with Crippen LogP contribution in [0.5, 0.6) is 0 Å². The van der Waals surface area contributed by atoms with Crippen LogP contribution in [-0.4, -0.2) is 44.3 Å². The van der Waals surface area contributed by atoms with Gasteiger partial charge in [0.05, 0.1) is 25.7 Å². The van der Waals surface area contributed by atoms with Crippen LogP contribution in [0.1, 0.15) is 25.7 Å². The summed E-state index contributed by atoms with van der Waals surface area (Å²) in [5.41, 5.74) is 1.36. The zero-order valence-electron chi connectivity index (χ0n) is 14.2. The molecule has 0 aromatic rings. The number of hydrogen-bond donors (Lipinski definition) is 4. The van der Waals surface area contributed by atoms with Crippen molar-refractivity contribution in [2.75, 3.05) is 0 Å². The summed E-state index contributed by atoms with van der Waals surface area (Å²) in [4.78, 5) is 41.2. The zero-order valence-corrected chi connectivity index (χ0v) is 15.3. The molecule has 0 heterocycles. The summed E-state index contributed by atoms with van der Waals surface area (Å²) in [6, 6.07) is 0. The van der Waals surface area contributed by atoms with Crippen molar-refractivity contribution >= 4 is 23.9 Å². The van der Waals surface area contributed by atoms with Gasteiger partial charge in [0.2, 0.25) is 0 Å². The summed E-state index contributed by atoms with van der Waals surface area (Å²) in [6.07, 6.45) is 10.1. The van der Waals surface area contributed by atoms with E-state index in [2.05, 4.69) is 0 Å². The van der Waals surface area contributed by atoms with E-state index >= 15 is 0 Å². The molecule has 0 bridgehead atoms. The van der Waals surface area contributed by atoms with E-state index in [9.17, 15) is 19.2 Å². The fourth-order valence-corrected chi connectivity index (χ4v) is 2.51. The van der Waals surface area contributed by atoms with Crippen molar-refractivity contribution < 1.29 is 56.7 Å². The van der Waals surface area contributed by atoms with Crippen LogP contribution in [0.4, 0.5) is 0 Å². The molecule has 2 aliphatic rings. The van der Waals surface area contributed by atoms with Crippen LogP contribution in [0.3, 0.4) is 0 Å². The van der Waals surface area contributed by atoms with Crippen molar-refractivity contribution in [2.24, 2.45) is 11.8 Å². The molecule has 0 radical (unpaired) electrons. The van der Waals surface area contributed by atoms with Gasteiger partial charge in [-0.15, -0.1) is 0 Å². The van der Waals surface area contributed by atoms with Crippen LogP contribution in [0.25, 0.3) is 0 Å². The smallest absolute Gasteiger partial charge is 0.307 e. The first-order chi connectivity index (χ1) is 12.2. The Bertz CT molecular complexity index is 642. The molecule has 0 aromatic heterocycles. The van der Waals surface area contributed by atoms with Gasteiger partial charge in [-0.3, -0.25) is 19.2 Å². The molecule has 2 aliphatic carbocycles. The van der Waals surface area contributed by atoms with E-state index in [4.69, 9.17) is 20.4 Å². The van der Waals surface area contributed by atoms with E-state index in [0.29, 0.717) is 11.1 Å². The standard InChI is InChI=1S/2C9H10O4.Fe/c2*10-8(11)4-6-1-2-7(3-6)5-9(12)13;/h2*1-3,6H,4-5H2,(H,10,11)(H,12,13);. The topological polar surface area (TPSA) is 149 Å². The van der Waals surface area contributed by atoms with Crippen LogP contribution in [-0.2, 0) is 36.2 Å². The van der Waals surface area contributed by atoms with Crippen molar-refractivity contribution in [2.45, 2.75) is 25.7 Å². The number of carboxylic acid groups (broad SMARTS) is 4. The van der Waals surface area contributed by atoms with E-state index in [1.54, 1.807) is 36.5 Å². The molecule has 0 saturated carbocycles. The Hall–Kier alpha value is -2.64. The van der Waals surface area contributed by atoms with E-state index in [1.807, 2.05) is 0 Å². The van der Waals surface area contributed by atoms with E-state index in [-0.39, 0.29) is 54.6 Å². The molecule has 0 spiro atoms. The fraction of sp³-hybridized carbons (Fsp3) is 0.333. The van der Waals surface area contributed by atoms with Crippen LogP contribution in [0, 0.1) is 11.8 Å². The molecule has 9 heteroatoms. The molecular formula is C18H20FeO8. The van der Waals surface area contributed by atoms with Gasteiger partial charge in [0.25, 0.3) is 0 Å². The zero-order chi connectivity index (χ0) is 19.7. The van der Waals surface area contributed by atoms with Gasteiger partial charge >= 0.3 is 23.9 Å². The molecular weight excluding hydrogens is 400 g/mol. The summed E-state index contributed by atoms with van der Waals surface area (Å²) >= 11 is 0. The average Bonchev–Trinajstić information content (AvgIpc) is 3.07. The van der Waals surface area contributed by atoms with Crippen molar-refractivity contribution in [3.8, 4) is 0 Å². The minimum atomic E-state index is -0.896. The van der Waals surface area contributed by atoms with E-state index < -0.39 is 23.9 Å². The molecule has 0 aliphatic heterocycles. The Labute approximate surface area is 166 Å². The third-order valence-electron chi connectivity index (χ3n) is 3.50. The normalized spacial score (nSPS) is 19.3. The maximum Gasteiger partial charge on any atom is 0.307 e. The van der Waals surface area contributed by atoms with Gasteiger partial charge in [0, 0.05) is 28.9 Å². The number of allylic oxidation sites excluding steroid dienone is 6. The summed E-state index contributed by atoms with van der Waals surface area (Å²) < 4.78 is 0. The van der Waals surface area contributed by atoms with Gasteiger partial charge in [0.1, 0.15) is 0 Å². The van der Waals surface area contributed by atoms with Crippen LogP contribution >= 0.6 is 0 Å². The van der Waals surface area contributed by atoms with Crippen molar-refractivity contribution in [1.82, 2.24) is 0 Å². The van der Waals surface area contributed by atoms with E-state index in [0.717, 1.165) is 0 Å². The Balaban J connectivity index is 0.000000483. The third-order valence-corrected chi connectivity index (χ3v) is 3.50. The number of carboxylic acids is 4. The Kier molecular flexibility index (Phi) is 10.7. The minimum Gasteiger partial charge on any atom is -0.481 e. The first kappa shape index (κ1) is 24.4. The number of hydrogen-bond acceptors (Lipinski definition) is 4. The second-order valence-corrected chi connectivity index (χ2v) is 5.87. The first-order valence-electron chi connectivity index (χ1n) is 7.80. The molecule has 8 nitrogen and oxygen atoms in total. The van der Waals surface area contributed by atoms with E-state index in [1.165, 1.54) is 0 Å². The Morgan fingerprint density at radius 3 is 1.26 bits per heavy atom. The van der Waals surface area contributed by atoms with Crippen molar-refractivity contribution in [3.05, 3.63) is 47.6 Å². The second kappa shape index (κ2) is 11.9. The summed E-state index contributed by atoms with van der Waals surface area (Å²) in [5.74, 6) is -3.83. The molecule has 0 aromatic carbocycles. The van der Waals surface area contributed by atoms with Gasteiger partial charge < -0.3 is 20.4 Å². The predicted molar refractivity (Wildman–Crippen MR) is 90.4 cm³/mol. The third kappa shape index (κ3) is 10.8. The SMILES string of the molecule is O=C(O)CC1=CC(CC(=O)O)C=C1.O=C(O)CC1=CC(CC(=O)O)C=C1.[Fe]. The number of carbonyl (C=O) groups is 4. The molecule has 4 N–H and O–H groups in total. The molecule has 0 saturated heterocycles. The molecule has 0 amide bonds. The minimum absolute atomic E-state index is 0. The number of rotatable bonds is 8. The van der Waals surface area contributed by atoms with Gasteiger partial charge in [0.15, 0.2) is 0 Å². The molecule has 2 atom stereocenters. The average molecular weight is 420 g/mol. The van der Waals surface area contributed by atoms with Crippen molar-refractivity contribution in [1.29, 1.82) is 0 Å². The van der Waals surface area contributed by atoms with Gasteiger partial charge in [-0.1, -0.05) is 36.5 Å². The fourth-order valence-electron chi connectivity index (χ4n) is 2.51. The molecule has 0 fully saturated rings. The molecule has 2 unspecified atom stereocenters. The Morgan fingerprint density at radius 1 is 0.667 bits per heavy atom. The maximum absolute atomic E-state index is 10.3. The first-order valence-corrected chi connectivity index (χ1v) is 7.80. The molecule has 27 heavy (non-hydrogen) atoms. The Morgan fingerprint density at radius 2 is 1.00 bits per heavy atom. The predicted octanol–water partition coefficient (Wildman–Crippen LogP) is 2.09. The van der Waals surface area contributed by atoms with Crippen LogP contribution < -0.4 is 0 Å². The van der Waals surface area contributed by atoms with Crippen molar-refractivity contribution in [3.63, 3.8) is 0 Å². The van der Waals surface area contributed by atoms with Gasteiger partial charge in [-0.2, -0.15) is 0 Å². The van der Waals surface area contributed by atoms with Gasteiger partial charge in [-0.05, 0) is 11.1 Å². The monoisotopic (exact) mass is 420 g/mol. The summed E-state index contributed by atoms with van der Waals surface area (Å²) in [7, 11) is 0. The summed E-state index contributed by atoms with van der Waals surface area (Å²) in [5, 5.41) is 33.8. The second-order valence-electron chi connectivity index (χ2n) is 5.87. The summed E-state index contributed by atoms with van der Waals surface area (Å²) in [6.45, 7) is 0.